The number of nitrogens with one attached hydrogen (secondary N) is 2. The molecule has 1 heterocycles. The molecule has 0 saturated carbocycles. The van der Waals surface area contributed by atoms with Gasteiger partial charge in [-0.05, 0) is 6.92 Å². The first-order valence-corrected chi connectivity index (χ1v) is 5.20. The summed E-state index contributed by atoms with van der Waals surface area (Å²) >= 11 is 0. The Hall–Kier alpha value is -1.09. The van der Waals surface area contributed by atoms with E-state index in [2.05, 4.69) is 36.8 Å². The Bertz CT molecular complexity index is 271. The molecule has 0 radical (unpaired) electrons. The van der Waals surface area contributed by atoms with Crippen molar-refractivity contribution in [2.75, 3.05) is 19.6 Å². The molecule has 2 nitrogen and oxygen atoms in total. The molecule has 2 unspecified atom stereocenters. The molecule has 2 N–H and O–H groups in total. The first-order valence-electron chi connectivity index (χ1n) is 5.20. The van der Waals surface area contributed by atoms with Crippen molar-refractivity contribution in [1.29, 1.82) is 0 Å². The van der Waals surface area contributed by atoms with Crippen molar-refractivity contribution in [3.63, 3.8) is 0 Å². The normalized spacial score (nSPS) is 22.8. The molecule has 0 aliphatic carbocycles. The van der Waals surface area contributed by atoms with E-state index in [0.717, 1.165) is 18.8 Å². The largest absolute Gasteiger partial charge is 0.385 e. The summed E-state index contributed by atoms with van der Waals surface area (Å²) in [6.07, 6.45) is 2.45. The van der Waals surface area contributed by atoms with E-state index in [1.54, 1.807) is 0 Å². The fraction of sp³-hybridized carbons (Fsp3) is 0.500. The average molecular weight is 210 g/mol. The van der Waals surface area contributed by atoms with Crippen molar-refractivity contribution in [3.05, 3.63) is 36.6 Å². The SMILES string of the molecule is C=CC(F)CNC(=C)C1C=C(C)CNC1. The van der Waals surface area contributed by atoms with Crippen LogP contribution in [0.2, 0.25) is 0 Å². The molecule has 0 aromatic heterocycles. The van der Waals surface area contributed by atoms with Gasteiger partial charge in [0, 0.05) is 31.2 Å². The van der Waals surface area contributed by atoms with Crippen LogP contribution in [0.15, 0.2) is 36.6 Å². The maximum atomic E-state index is 12.9. The van der Waals surface area contributed by atoms with E-state index < -0.39 is 6.17 Å². The van der Waals surface area contributed by atoms with E-state index in [0.29, 0.717) is 0 Å². The Morgan fingerprint density at radius 3 is 3.20 bits per heavy atom. The van der Waals surface area contributed by atoms with E-state index in [1.807, 2.05) is 0 Å². The third kappa shape index (κ3) is 3.88. The molecule has 0 bridgehead atoms. The van der Waals surface area contributed by atoms with Gasteiger partial charge in [0.2, 0.25) is 0 Å². The fourth-order valence-corrected chi connectivity index (χ4v) is 1.55. The van der Waals surface area contributed by atoms with Crippen LogP contribution in [0.3, 0.4) is 0 Å². The van der Waals surface area contributed by atoms with Crippen LogP contribution in [0, 0.1) is 5.92 Å². The van der Waals surface area contributed by atoms with Crippen LogP contribution in [0.4, 0.5) is 4.39 Å². The smallest absolute Gasteiger partial charge is 0.135 e. The summed E-state index contributed by atoms with van der Waals surface area (Å²) in [7, 11) is 0. The molecule has 1 aliphatic rings. The fourth-order valence-electron chi connectivity index (χ4n) is 1.55. The summed E-state index contributed by atoms with van der Waals surface area (Å²) in [5.41, 5.74) is 2.17. The molecule has 15 heavy (non-hydrogen) atoms. The Morgan fingerprint density at radius 2 is 2.60 bits per heavy atom. The van der Waals surface area contributed by atoms with E-state index in [-0.39, 0.29) is 12.5 Å². The Morgan fingerprint density at radius 1 is 1.87 bits per heavy atom. The van der Waals surface area contributed by atoms with E-state index in [4.69, 9.17) is 0 Å². The van der Waals surface area contributed by atoms with E-state index >= 15 is 0 Å². The minimum absolute atomic E-state index is 0.256. The third-order valence-corrected chi connectivity index (χ3v) is 2.48. The topological polar surface area (TPSA) is 24.1 Å². The van der Waals surface area contributed by atoms with Crippen LogP contribution in [0.5, 0.6) is 0 Å². The predicted octanol–water partition coefficient (Wildman–Crippen LogP) is 1.78. The first-order chi connectivity index (χ1) is 7.13. The van der Waals surface area contributed by atoms with Crippen LogP contribution in [0.1, 0.15) is 6.92 Å². The molecular formula is C12H19FN2. The summed E-state index contributed by atoms with van der Waals surface area (Å²) in [5, 5.41) is 6.28. The lowest BCUT2D eigenvalue weighted by Gasteiger charge is -2.23. The predicted molar refractivity (Wildman–Crippen MR) is 62.4 cm³/mol. The summed E-state index contributed by atoms with van der Waals surface area (Å²) in [5.74, 6) is 0.260. The zero-order valence-corrected chi connectivity index (χ0v) is 9.22. The molecule has 0 amide bonds. The summed E-state index contributed by atoms with van der Waals surface area (Å²) in [4.78, 5) is 0. The van der Waals surface area contributed by atoms with Crippen molar-refractivity contribution in [3.8, 4) is 0 Å². The minimum Gasteiger partial charge on any atom is -0.385 e. The second-order valence-electron chi connectivity index (χ2n) is 3.91. The quantitative estimate of drug-likeness (QED) is 0.676. The molecule has 1 aliphatic heterocycles. The van der Waals surface area contributed by atoms with Crippen LogP contribution in [0.25, 0.3) is 0 Å². The van der Waals surface area contributed by atoms with Gasteiger partial charge >= 0.3 is 0 Å². The third-order valence-electron chi connectivity index (χ3n) is 2.48. The minimum atomic E-state index is -1.01. The highest BCUT2D eigenvalue weighted by Crippen LogP contribution is 2.13. The van der Waals surface area contributed by atoms with E-state index in [9.17, 15) is 4.39 Å². The summed E-state index contributed by atoms with van der Waals surface area (Å²) in [6, 6.07) is 0. The van der Waals surface area contributed by atoms with Crippen LogP contribution in [-0.4, -0.2) is 25.8 Å². The Balaban J connectivity index is 2.40. The van der Waals surface area contributed by atoms with Gasteiger partial charge in [-0.1, -0.05) is 24.3 Å². The van der Waals surface area contributed by atoms with Crippen LogP contribution in [-0.2, 0) is 0 Å². The Labute approximate surface area is 90.9 Å². The zero-order valence-electron chi connectivity index (χ0n) is 9.22. The molecule has 0 aromatic rings. The zero-order chi connectivity index (χ0) is 11.3. The number of hydrogen-bond donors (Lipinski definition) is 2. The maximum Gasteiger partial charge on any atom is 0.135 e. The summed E-state index contributed by atoms with van der Waals surface area (Å²) in [6.45, 7) is 11.5. The summed E-state index contributed by atoms with van der Waals surface area (Å²) < 4.78 is 12.9. The highest BCUT2D eigenvalue weighted by molar-refractivity contribution is 5.17. The molecule has 3 heteroatoms. The van der Waals surface area contributed by atoms with E-state index in [1.165, 1.54) is 11.6 Å². The van der Waals surface area contributed by atoms with Gasteiger partial charge < -0.3 is 10.6 Å². The van der Waals surface area contributed by atoms with Crippen LogP contribution < -0.4 is 10.6 Å². The second-order valence-corrected chi connectivity index (χ2v) is 3.91. The molecule has 1 rings (SSSR count). The number of halogens is 1. The number of rotatable bonds is 5. The number of hydrogen-bond acceptors (Lipinski definition) is 2. The van der Waals surface area contributed by atoms with Crippen molar-refractivity contribution in [2.24, 2.45) is 5.92 Å². The lowest BCUT2D eigenvalue weighted by Crippen LogP contribution is -2.34. The Kier molecular flexibility index (Phi) is 4.56. The average Bonchev–Trinajstić information content (AvgIpc) is 2.25. The molecule has 84 valence electrons. The van der Waals surface area contributed by atoms with Crippen molar-refractivity contribution in [2.45, 2.75) is 13.1 Å². The first kappa shape index (κ1) is 12.0. The molecule has 0 aromatic carbocycles. The molecule has 2 atom stereocenters. The van der Waals surface area contributed by atoms with Crippen molar-refractivity contribution >= 4 is 0 Å². The second kappa shape index (κ2) is 5.71. The molecule has 0 spiro atoms. The van der Waals surface area contributed by atoms with Gasteiger partial charge in [-0.2, -0.15) is 0 Å². The van der Waals surface area contributed by atoms with Crippen molar-refractivity contribution in [1.82, 2.24) is 10.6 Å². The van der Waals surface area contributed by atoms with Gasteiger partial charge in [0.15, 0.2) is 0 Å². The lowest BCUT2D eigenvalue weighted by molar-refractivity contribution is 0.385. The highest BCUT2D eigenvalue weighted by Gasteiger charge is 2.14. The van der Waals surface area contributed by atoms with Crippen molar-refractivity contribution < 1.29 is 4.39 Å². The van der Waals surface area contributed by atoms with Gasteiger partial charge in [-0.15, -0.1) is 6.58 Å². The molecule has 0 saturated heterocycles. The van der Waals surface area contributed by atoms with Gasteiger partial charge in [-0.3, -0.25) is 0 Å². The van der Waals surface area contributed by atoms with Gasteiger partial charge in [0.1, 0.15) is 6.17 Å². The van der Waals surface area contributed by atoms with Crippen LogP contribution >= 0.6 is 0 Å². The number of alkyl halides is 1. The molecular weight excluding hydrogens is 191 g/mol. The highest BCUT2D eigenvalue weighted by atomic mass is 19.1. The maximum absolute atomic E-state index is 12.9. The lowest BCUT2D eigenvalue weighted by atomic mass is 9.99. The standard InChI is InChI=1S/C12H19FN2/c1-4-12(13)8-15-10(3)11-5-9(2)6-14-7-11/h4-5,11-12,14-15H,1,3,6-8H2,2H3. The van der Waals surface area contributed by atoms with Gasteiger partial charge in [0.05, 0.1) is 0 Å². The monoisotopic (exact) mass is 210 g/mol. The molecule has 0 fully saturated rings. The van der Waals surface area contributed by atoms with Gasteiger partial charge in [0.25, 0.3) is 0 Å². The van der Waals surface area contributed by atoms with Gasteiger partial charge in [-0.25, -0.2) is 4.39 Å².